The van der Waals surface area contributed by atoms with E-state index in [0.717, 1.165) is 19.3 Å². The van der Waals surface area contributed by atoms with Crippen molar-refractivity contribution in [2.75, 3.05) is 0 Å². The van der Waals surface area contributed by atoms with Crippen LogP contribution in [0.4, 0.5) is 0 Å². The van der Waals surface area contributed by atoms with Gasteiger partial charge in [-0.3, -0.25) is 4.79 Å². The van der Waals surface area contributed by atoms with Crippen molar-refractivity contribution in [1.82, 2.24) is 0 Å². The molecule has 2 nitrogen and oxygen atoms in total. The SMILES string of the molecule is CCCCC/C=C\C/C=C\CC(=O)/C=C/C1OC1CCC(C)(C)C. The molecule has 0 saturated carbocycles. The maximum Gasteiger partial charge on any atom is 0.159 e. The topological polar surface area (TPSA) is 29.6 Å². The van der Waals surface area contributed by atoms with Gasteiger partial charge < -0.3 is 4.74 Å². The second-order valence-electron chi connectivity index (χ2n) is 7.94. The molecule has 0 aromatic carbocycles. The molecule has 0 aromatic rings. The third kappa shape index (κ3) is 11.4. The van der Waals surface area contributed by atoms with Crippen molar-refractivity contribution in [1.29, 1.82) is 0 Å². The first kappa shape index (κ1) is 20.9. The summed E-state index contributed by atoms with van der Waals surface area (Å²) in [5.41, 5.74) is 0.352. The zero-order valence-electron chi connectivity index (χ0n) is 16.1. The molecule has 0 bridgehead atoms. The van der Waals surface area contributed by atoms with Crippen molar-refractivity contribution >= 4 is 5.78 Å². The molecule has 0 aliphatic carbocycles. The number of ether oxygens (including phenoxy) is 1. The number of carbonyl (C=O) groups is 1. The van der Waals surface area contributed by atoms with Crippen molar-refractivity contribution in [2.24, 2.45) is 5.41 Å². The lowest BCUT2D eigenvalue weighted by Gasteiger charge is -2.16. The molecule has 0 radical (unpaired) electrons. The van der Waals surface area contributed by atoms with E-state index in [4.69, 9.17) is 4.74 Å². The van der Waals surface area contributed by atoms with Crippen LogP contribution >= 0.6 is 0 Å². The van der Waals surface area contributed by atoms with E-state index in [9.17, 15) is 4.79 Å². The van der Waals surface area contributed by atoms with E-state index in [-0.39, 0.29) is 11.9 Å². The largest absolute Gasteiger partial charge is 0.365 e. The Morgan fingerprint density at radius 2 is 1.83 bits per heavy atom. The first-order valence-electron chi connectivity index (χ1n) is 9.59. The van der Waals surface area contributed by atoms with Crippen LogP contribution in [0.2, 0.25) is 0 Å². The molecule has 1 rings (SSSR count). The molecule has 1 aliphatic rings. The molecule has 2 atom stereocenters. The maximum atomic E-state index is 11.8. The molecule has 2 heteroatoms. The molecule has 0 amide bonds. The minimum absolute atomic E-state index is 0.156. The smallest absolute Gasteiger partial charge is 0.159 e. The van der Waals surface area contributed by atoms with Gasteiger partial charge in [0.2, 0.25) is 0 Å². The molecule has 136 valence electrons. The lowest BCUT2D eigenvalue weighted by atomic mass is 9.89. The van der Waals surface area contributed by atoms with Gasteiger partial charge in [0.15, 0.2) is 5.78 Å². The van der Waals surface area contributed by atoms with E-state index in [1.807, 2.05) is 12.2 Å². The summed E-state index contributed by atoms with van der Waals surface area (Å²) < 4.78 is 5.59. The van der Waals surface area contributed by atoms with Crippen molar-refractivity contribution in [2.45, 2.75) is 91.3 Å². The van der Waals surface area contributed by atoms with Crippen LogP contribution in [0, 0.1) is 5.41 Å². The number of ketones is 1. The third-order valence-electron chi connectivity index (χ3n) is 4.17. The lowest BCUT2D eigenvalue weighted by Crippen LogP contribution is -2.06. The number of allylic oxidation sites excluding steroid dienone is 5. The average molecular weight is 333 g/mol. The van der Waals surface area contributed by atoms with Crippen LogP contribution in [0.5, 0.6) is 0 Å². The Kier molecular flexibility index (Phi) is 9.94. The summed E-state index contributed by atoms with van der Waals surface area (Å²) in [6.45, 7) is 8.96. The van der Waals surface area contributed by atoms with Crippen molar-refractivity contribution < 1.29 is 9.53 Å². The van der Waals surface area contributed by atoms with Gasteiger partial charge in [0.05, 0.1) is 6.10 Å². The summed E-state index contributed by atoms with van der Waals surface area (Å²) >= 11 is 0. The van der Waals surface area contributed by atoms with E-state index in [2.05, 4.69) is 45.9 Å². The van der Waals surface area contributed by atoms with Crippen LogP contribution in [-0.2, 0) is 9.53 Å². The number of carbonyl (C=O) groups excluding carboxylic acids is 1. The van der Waals surface area contributed by atoms with E-state index in [1.165, 1.54) is 25.7 Å². The normalized spacial score (nSPS) is 21.3. The fourth-order valence-corrected chi connectivity index (χ4v) is 2.50. The van der Waals surface area contributed by atoms with Crippen molar-refractivity contribution in [3.05, 3.63) is 36.5 Å². The Bertz CT molecular complexity index is 437. The van der Waals surface area contributed by atoms with Gasteiger partial charge in [-0.05, 0) is 49.7 Å². The van der Waals surface area contributed by atoms with Crippen LogP contribution < -0.4 is 0 Å². The second-order valence-corrected chi connectivity index (χ2v) is 7.94. The Labute approximate surface area is 149 Å². The van der Waals surface area contributed by atoms with E-state index in [1.54, 1.807) is 6.08 Å². The third-order valence-corrected chi connectivity index (χ3v) is 4.17. The fraction of sp³-hybridized carbons (Fsp3) is 0.682. The quantitative estimate of drug-likeness (QED) is 0.185. The van der Waals surface area contributed by atoms with Crippen LogP contribution in [0.3, 0.4) is 0 Å². The predicted octanol–water partition coefficient (Wildman–Crippen LogP) is 6.18. The maximum absolute atomic E-state index is 11.8. The molecule has 1 saturated heterocycles. The van der Waals surface area contributed by atoms with E-state index >= 15 is 0 Å². The highest BCUT2D eigenvalue weighted by molar-refractivity contribution is 5.90. The van der Waals surface area contributed by atoms with Crippen LogP contribution in [0.25, 0.3) is 0 Å². The van der Waals surface area contributed by atoms with Gasteiger partial charge in [-0.15, -0.1) is 0 Å². The molecule has 1 fully saturated rings. The molecule has 0 aromatic heterocycles. The van der Waals surface area contributed by atoms with Gasteiger partial charge in [0, 0.05) is 6.42 Å². The van der Waals surface area contributed by atoms with E-state index in [0.29, 0.717) is 17.9 Å². The predicted molar refractivity (Wildman–Crippen MR) is 103 cm³/mol. The van der Waals surface area contributed by atoms with E-state index < -0.39 is 0 Å². The molecule has 24 heavy (non-hydrogen) atoms. The molecule has 1 aliphatic heterocycles. The van der Waals surface area contributed by atoms with Gasteiger partial charge in [0.25, 0.3) is 0 Å². The number of hydrogen-bond donors (Lipinski definition) is 0. The van der Waals surface area contributed by atoms with Gasteiger partial charge in [-0.25, -0.2) is 0 Å². The highest BCUT2D eigenvalue weighted by Gasteiger charge is 2.36. The molecular weight excluding hydrogens is 296 g/mol. The number of epoxide rings is 1. The summed E-state index contributed by atoms with van der Waals surface area (Å²) in [7, 11) is 0. The Morgan fingerprint density at radius 3 is 2.54 bits per heavy atom. The zero-order valence-corrected chi connectivity index (χ0v) is 16.1. The summed E-state index contributed by atoms with van der Waals surface area (Å²) in [6.07, 6.45) is 21.2. The van der Waals surface area contributed by atoms with Gasteiger partial charge in [-0.2, -0.15) is 0 Å². The Morgan fingerprint density at radius 1 is 1.08 bits per heavy atom. The van der Waals surface area contributed by atoms with Crippen molar-refractivity contribution in [3.63, 3.8) is 0 Å². The lowest BCUT2D eigenvalue weighted by molar-refractivity contribution is -0.113. The van der Waals surface area contributed by atoms with Gasteiger partial charge in [-0.1, -0.05) is 64.8 Å². The van der Waals surface area contributed by atoms with Crippen LogP contribution in [0.1, 0.15) is 79.1 Å². The molecular formula is C22H36O2. The highest BCUT2D eigenvalue weighted by atomic mass is 16.6. The van der Waals surface area contributed by atoms with Crippen molar-refractivity contribution in [3.8, 4) is 0 Å². The van der Waals surface area contributed by atoms with Crippen LogP contribution in [0.15, 0.2) is 36.5 Å². The molecule has 2 unspecified atom stereocenters. The number of unbranched alkanes of at least 4 members (excludes halogenated alkanes) is 3. The number of rotatable bonds is 12. The molecule has 1 heterocycles. The fourth-order valence-electron chi connectivity index (χ4n) is 2.50. The highest BCUT2D eigenvalue weighted by Crippen LogP contribution is 2.32. The summed E-state index contributed by atoms with van der Waals surface area (Å²) in [5, 5.41) is 0. The van der Waals surface area contributed by atoms with Gasteiger partial charge >= 0.3 is 0 Å². The number of hydrogen-bond acceptors (Lipinski definition) is 2. The Balaban J connectivity index is 2.07. The molecule has 0 N–H and O–H groups in total. The Hall–Kier alpha value is -1.15. The average Bonchev–Trinajstić information content (AvgIpc) is 3.27. The van der Waals surface area contributed by atoms with Gasteiger partial charge in [0.1, 0.15) is 6.10 Å². The summed E-state index contributed by atoms with van der Waals surface area (Å²) in [4.78, 5) is 11.8. The standard InChI is InChI=1S/C22H36O2/c1-5-6-7-8-9-10-11-12-13-14-19(23)15-16-20-21(24-20)17-18-22(2,3)4/h9-10,12-13,15-16,20-21H,5-8,11,14,17-18H2,1-4H3/b10-9-,13-12-,16-15+. The monoisotopic (exact) mass is 332 g/mol. The molecule has 0 spiro atoms. The first-order chi connectivity index (χ1) is 11.4. The minimum Gasteiger partial charge on any atom is -0.365 e. The second kappa shape index (κ2) is 11.4. The summed E-state index contributed by atoms with van der Waals surface area (Å²) in [5.74, 6) is 0.156. The summed E-state index contributed by atoms with van der Waals surface area (Å²) in [6, 6.07) is 0. The zero-order chi connectivity index (χ0) is 17.8. The first-order valence-corrected chi connectivity index (χ1v) is 9.59. The minimum atomic E-state index is 0.156. The van der Waals surface area contributed by atoms with Crippen LogP contribution in [-0.4, -0.2) is 18.0 Å².